The van der Waals surface area contributed by atoms with E-state index < -0.39 is 0 Å². The van der Waals surface area contributed by atoms with Crippen molar-refractivity contribution >= 4 is 74.6 Å². The molecule has 0 fully saturated rings. The summed E-state index contributed by atoms with van der Waals surface area (Å²) in [5.74, 6) is 0.713. The molecule has 0 aliphatic rings. The number of hydrogen-bond donors (Lipinski definition) is 0. The number of nitrogens with zero attached hydrogens (tertiary/aromatic N) is 2. The molecule has 0 saturated carbocycles. The van der Waals surface area contributed by atoms with E-state index in [1.807, 2.05) is 17.4 Å². The van der Waals surface area contributed by atoms with Crippen LogP contribution in [0.3, 0.4) is 0 Å². The van der Waals surface area contributed by atoms with Gasteiger partial charge >= 0.3 is 0 Å². The second-order valence-electron chi connectivity index (χ2n) is 16.8. The van der Waals surface area contributed by atoms with Gasteiger partial charge in [0.2, 0.25) is 0 Å². The van der Waals surface area contributed by atoms with Gasteiger partial charge in [-0.25, -0.2) is 9.97 Å². The Morgan fingerprint density at radius 2 is 0.846 bits per heavy atom. The minimum Gasteiger partial charge on any atom is -0.228 e. The maximum absolute atomic E-state index is 5.29. The molecule has 302 valence electrons. The Kier molecular flexibility index (Phi) is 8.75. The molecule has 0 N–H and O–H groups in total. The number of rotatable bonds is 6. The van der Waals surface area contributed by atoms with Crippen molar-refractivity contribution in [2.75, 3.05) is 0 Å². The number of fused-ring (bicyclic) bond motifs is 8. The Morgan fingerprint density at radius 1 is 0.277 bits per heavy atom. The standard InChI is InChI=1S/C62H38N2S/c1-2-14-44(15-3-1)62-63-56(38-57(64-62)53-22-12-24-59-61(53)54-21-10-11-23-58(54)65-59)51-36-35-47(49-19-8-9-20-50(49)51)42-29-25-39(26-30-42)40-27-31-43(32-28-40)60-48-18-7-5-16-45(48)37-55-46-17-6-4-13-41(46)33-34-52(55)60/h1-38H. The topological polar surface area (TPSA) is 25.8 Å². The molecular weight excluding hydrogens is 805 g/mol. The van der Waals surface area contributed by atoms with Crippen LogP contribution >= 0.6 is 11.3 Å². The van der Waals surface area contributed by atoms with Crippen LogP contribution in [0.1, 0.15) is 0 Å². The summed E-state index contributed by atoms with van der Waals surface area (Å²) in [5, 5.41) is 12.5. The first-order valence-electron chi connectivity index (χ1n) is 22.1. The number of benzene rings is 11. The minimum absolute atomic E-state index is 0.713. The maximum atomic E-state index is 5.29. The van der Waals surface area contributed by atoms with Gasteiger partial charge < -0.3 is 0 Å². The van der Waals surface area contributed by atoms with E-state index in [2.05, 4.69) is 224 Å². The van der Waals surface area contributed by atoms with Crippen LogP contribution in [0.5, 0.6) is 0 Å². The van der Waals surface area contributed by atoms with Crippen molar-refractivity contribution in [2.45, 2.75) is 0 Å². The van der Waals surface area contributed by atoms with E-state index in [1.54, 1.807) is 0 Å². The summed E-state index contributed by atoms with van der Waals surface area (Å²) in [5.41, 5.74) is 12.2. The molecule has 11 aromatic carbocycles. The van der Waals surface area contributed by atoms with Gasteiger partial charge in [-0.2, -0.15) is 0 Å². The fourth-order valence-electron chi connectivity index (χ4n) is 10.0. The van der Waals surface area contributed by atoms with Crippen molar-refractivity contribution in [3.05, 3.63) is 231 Å². The monoisotopic (exact) mass is 842 g/mol. The van der Waals surface area contributed by atoms with Gasteiger partial charge in [-0.05, 0) is 101 Å². The SMILES string of the molecule is c1ccc(-c2nc(-c3ccc(-c4ccc(-c5ccc(-c6c7ccccc7cc7c6ccc6ccccc67)cc5)cc4)c4ccccc34)cc(-c3cccc4sc5ccccc5c34)n2)cc1. The van der Waals surface area contributed by atoms with E-state index in [-0.39, 0.29) is 0 Å². The van der Waals surface area contributed by atoms with Crippen LogP contribution in [0.4, 0.5) is 0 Å². The second kappa shape index (κ2) is 15.2. The molecule has 2 heterocycles. The summed E-state index contributed by atoms with van der Waals surface area (Å²) < 4.78 is 2.53. The van der Waals surface area contributed by atoms with E-state index in [9.17, 15) is 0 Å². The Labute approximate surface area is 380 Å². The lowest BCUT2D eigenvalue weighted by Gasteiger charge is -2.15. The lowest BCUT2D eigenvalue weighted by molar-refractivity contribution is 1.19. The molecule has 2 aromatic heterocycles. The zero-order chi connectivity index (χ0) is 42.8. The van der Waals surface area contributed by atoms with E-state index in [0.29, 0.717) is 5.82 Å². The van der Waals surface area contributed by atoms with E-state index in [0.717, 1.165) is 33.5 Å². The first-order valence-corrected chi connectivity index (χ1v) is 23.0. The molecule has 0 saturated heterocycles. The van der Waals surface area contributed by atoms with Gasteiger partial charge in [0.15, 0.2) is 5.82 Å². The van der Waals surface area contributed by atoms with Crippen LogP contribution in [0.2, 0.25) is 0 Å². The third-order valence-electron chi connectivity index (χ3n) is 13.1. The second-order valence-corrected chi connectivity index (χ2v) is 17.9. The summed E-state index contributed by atoms with van der Waals surface area (Å²) in [6.45, 7) is 0. The molecule has 0 aliphatic heterocycles. The van der Waals surface area contributed by atoms with Gasteiger partial charge in [0.25, 0.3) is 0 Å². The van der Waals surface area contributed by atoms with Crippen molar-refractivity contribution in [1.29, 1.82) is 0 Å². The fraction of sp³-hybridized carbons (Fsp3) is 0. The molecule has 2 nitrogen and oxygen atoms in total. The molecule has 0 spiro atoms. The number of hydrogen-bond acceptors (Lipinski definition) is 3. The first kappa shape index (κ1) is 37.3. The van der Waals surface area contributed by atoms with E-state index >= 15 is 0 Å². The summed E-state index contributed by atoms with van der Waals surface area (Å²) in [6, 6.07) is 83.5. The highest BCUT2D eigenvalue weighted by Crippen LogP contribution is 2.43. The van der Waals surface area contributed by atoms with Crippen LogP contribution in [-0.2, 0) is 0 Å². The van der Waals surface area contributed by atoms with Crippen LogP contribution < -0.4 is 0 Å². The molecule has 0 amide bonds. The largest absolute Gasteiger partial charge is 0.228 e. The molecule has 65 heavy (non-hydrogen) atoms. The highest BCUT2D eigenvalue weighted by Gasteiger charge is 2.18. The Morgan fingerprint density at radius 3 is 1.62 bits per heavy atom. The highest BCUT2D eigenvalue weighted by molar-refractivity contribution is 7.25. The summed E-state index contributed by atoms with van der Waals surface area (Å²) in [6.07, 6.45) is 0. The molecular formula is C62H38N2S. The van der Waals surface area contributed by atoms with Crippen LogP contribution in [0.15, 0.2) is 231 Å². The number of aromatic nitrogens is 2. The summed E-state index contributed by atoms with van der Waals surface area (Å²) >= 11 is 1.83. The van der Waals surface area contributed by atoms with Gasteiger partial charge in [0.05, 0.1) is 11.4 Å². The van der Waals surface area contributed by atoms with Crippen molar-refractivity contribution in [3.8, 4) is 67.3 Å². The lowest BCUT2D eigenvalue weighted by Crippen LogP contribution is -1.97. The van der Waals surface area contributed by atoms with Gasteiger partial charge in [-0.15, -0.1) is 11.3 Å². The summed E-state index contributed by atoms with van der Waals surface area (Å²) in [7, 11) is 0. The lowest BCUT2D eigenvalue weighted by atomic mass is 9.89. The van der Waals surface area contributed by atoms with Gasteiger partial charge in [-0.1, -0.05) is 206 Å². The van der Waals surface area contributed by atoms with Crippen molar-refractivity contribution in [2.24, 2.45) is 0 Å². The third kappa shape index (κ3) is 6.31. The van der Waals surface area contributed by atoms with Gasteiger partial charge in [0, 0.05) is 36.9 Å². The molecule has 13 rings (SSSR count). The summed E-state index contributed by atoms with van der Waals surface area (Å²) in [4.78, 5) is 10.5. The minimum atomic E-state index is 0.713. The number of thiophene rings is 1. The normalized spacial score (nSPS) is 11.7. The predicted octanol–water partition coefficient (Wildman–Crippen LogP) is 17.5. The van der Waals surface area contributed by atoms with Crippen molar-refractivity contribution in [1.82, 2.24) is 9.97 Å². The molecule has 13 aromatic rings. The van der Waals surface area contributed by atoms with Crippen LogP contribution in [0, 0.1) is 0 Å². The molecule has 3 heteroatoms. The molecule has 0 aliphatic carbocycles. The first-order chi connectivity index (χ1) is 32.2. The van der Waals surface area contributed by atoms with Crippen LogP contribution in [-0.4, -0.2) is 9.97 Å². The molecule has 0 bridgehead atoms. The van der Waals surface area contributed by atoms with E-state index in [4.69, 9.17) is 9.97 Å². The average Bonchev–Trinajstić information content (AvgIpc) is 3.77. The Bertz CT molecular complexity index is 3980. The molecule has 0 atom stereocenters. The fourth-order valence-corrected chi connectivity index (χ4v) is 11.1. The van der Waals surface area contributed by atoms with Crippen molar-refractivity contribution in [3.63, 3.8) is 0 Å². The predicted molar refractivity (Wildman–Crippen MR) is 278 cm³/mol. The third-order valence-corrected chi connectivity index (χ3v) is 14.2. The molecule has 0 unspecified atom stereocenters. The average molecular weight is 843 g/mol. The smallest absolute Gasteiger partial charge is 0.160 e. The maximum Gasteiger partial charge on any atom is 0.160 e. The zero-order valence-corrected chi connectivity index (χ0v) is 36.1. The van der Waals surface area contributed by atoms with E-state index in [1.165, 1.54) is 91.3 Å². The Hall–Kier alpha value is -8.24. The molecule has 0 radical (unpaired) electrons. The quantitative estimate of drug-likeness (QED) is 0.123. The Balaban J connectivity index is 0.878. The van der Waals surface area contributed by atoms with Crippen molar-refractivity contribution < 1.29 is 0 Å². The highest BCUT2D eigenvalue weighted by atomic mass is 32.1. The van der Waals surface area contributed by atoms with Crippen LogP contribution in [0.25, 0.3) is 131 Å². The van der Waals surface area contributed by atoms with Gasteiger partial charge in [-0.3, -0.25) is 0 Å². The zero-order valence-electron chi connectivity index (χ0n) is 35.2. The van der Waals surface area contributed by atoms with Gasteiger partial charge in [0.1, 0.15) is 0 Å².